The fourth-order valence-electron chi connectivity index (χ4n) is 4.12. The van der Waals surface area contributed by atoms with E-state index in [1.807, 2.05) is 42.5 Å². The summed E-state index contributed by atoms with van der Waals surface area (Å²) in [5, 5.41) is 11.4. The van der Waals surface area contributed by atoms with Crippen LogP contribution in [-0.4, -0.2) is 42.3 Å². The van der Waals surface area contributed by atoms with Crippen molar-refractivity contribution in [3.63, 3.8) is 0 Å². The number of ether oxygens (including phenoxy) is 2. The third kappa shape index (κ3) is 4.25. The zero-order chi connectivity index (χ0) is 24.0. The SMILES string of the molecule is COc1cccc(-c2cccc(-c3nc4c(ccc5cc(S(=O)(=O)O)cc(O)c54)[nH]3)c2OC)c1.Cl. The van der Waals surface area contributed by atoms with Gasteiger partial charge in [0.05, 0.1) is 35.6 Å². The number of phenolic OH excluding ortho intramolecular Hbond substituents is 1. The molecular weight excluding hydrogens is 492 g/mol. The van der Waals surface area contributed by atoms with Crippen LogP contribution < -0.4 is 9.47 Å². The van der Waals surface area contributed by atoms with E-state index in [4.69, 9.17) is 14.5 Å². The number of aromatic hydroxyl groups is 1. The summed E-state index contributed by atoms with van der Waals surface area (Å²) in [6.07, 6.45) is 0. The maximum Gasteiger partial charge on any atom is 0.294 e. The minimum absolute atomic E-state index is 0. The van der Waals surface area contributed by atoms with Crippen molar-refractivity contribution in [1.29, 1.82) is 0 Å². The van der Waals surface area contributed by atoms with E-state index >= 15 is 0 Å². The molecule has 0 aliphatic heterocycles. The molecule has 10 heteroatoms. The molecule has 0 bridgehead atoms. The van der Waals surface area contributed by atoms with Gasteiger partial charge in [0.1, 0.15) is 28.6 Å². The van der Waals surface area contributed by atoms with Gasteiger partial charge in [-0.3, -0.25) is 4.55 Å². The summed E-state index contributed by atoms with van der Waals surface area (Å²) in [6.45, 7) is 0. The van der Waals surface area contributed by atoms with E-state index in [0.29, 0.717) is 38.9 Å². The number of methoxy groups -OCH3 is 2. The Labute approximate surface area is 207 Å². The summed E-state index contributed by atoms with van der Waals surface area (Å²) < 4.78 is 43.6. The number of imidazole rings is 1. The number of aromatic amines is 1. The second-order valence-corrected chi connectivity index (χ2v) is 9.10. The van der Waals surface area contributed by atoms with E-state index in [2.05, 4.69) is 4.98 Å². The van der Waals surface area contributed by atoms with Gasteiger partial charge in [-0.05, 0) is 41.3 Å². The van der Waals surface area contributed by atoms with Crippen LogP contribution in [0.1, 0.15) is 0 Å². The number of H-pyrrole nitrogens is 1. The number of fused-ring (bicyclic) bond motifs is 3. The Hall–Kier alpha value is -3.79. The monoisotopic (exact) mass is 512 g/mol. The molecule has 0 unspecified atom stereocenters. The van der Waals surface area contributed by atoms with Crippen LogP contribution in [0.2, 0.25) is 0 Å². The van der Waals surface area contributed by atoms with Gasteiger partial charge in [-0.25, -0.2) is 4.98 Å². The second-order valence-electron chi connectivity index (χ2n) is 7.68. The number of hydrogen-bond acceptors (Lipinski definition) is 6. The van der Waals surface area contributed by atoms with Gasteiger partial charge in [-0.2, -0.15) is 8.42 Å². The van der Waals surface area contributed by atoms with Gasteiger partial charge in [0, 0.05) is 11.6 Å². The molecule has 5 rings (SSSR count). The average molecular weight is 513 g/mol. The molecule has 3 N–H and O–H groups in total. The van der Waals surface area contributed by atoms with Gasteiger partial charge in [-0.1, -0.05) is 30.3 Å². The Morgan fingerprint density at radius 2 is 1.66 bits per heavy atom. The average Bonchev–Trinajstić information content (AvgIpc) is 3.27. The molecule has 0 saturated heterocycles. The molecule has 8 nitrogen and oxygen atoms in total. The Kier molecular flexibility index (Phi) is 6.33. The normalized spacial score (nSPS) is 11.4. The molecular formula is C25H21ClN2O6S. The van der Waals surface area contributed by atoms with Gasteiger partial charge < -0.3 is 19.6 Å². The molecule has 5 aromatic rings. The third-order valence-electron chi connectivity index (χ3n) is 5.67. The van der Waals surface area contributed by atoms with E-state index in [1.54, 1.807) is 26.4 Å². The zero-order valence-electron chi connectivity index (χ0n) is 18.6. The van der Waals surface area contributed by atoms with Crippen LogP contribution >= 0.6 is 12.4 Å². The largest absolute Gasteiger partial charge is 0.507 e. The maximum atomic E-state index is 11.5. The Balaban J connectivity index is 0.00000289. The van der Waals surface area contributed by atoms with Crippen molar-refractivity contribution >= 4 is 44.3 Å². The molecule has 0 saturated carbocycles. The lowest BCUT2D eigenvalue weighted by molar-refractivity contribution is 0.414. The van der Waals surface area contributed by atoms with Gasteiger partial charge >= 0.3 is 0 Å². The van der Waals surface area contributed by atoms with Crippen molar-refractivity contribution in [1.82, 2.24) is 9.97 Å². The second kappa shape index (κ2) is 9.10. The highest BCUT2D eigenvalue weighted by atomic mass is 35.5. The molecule has 0 amide bonds. The predicted molar refractivity (Wildman–Crippen MR) is 136 cm³/mol. The van der Waals surface area contributed by atoms with E-state index in [1.165, 1.54) is 6.07 Å². The highest BCUT2D eigenvalue weighted by Crippen LogP contribution is 2.41. The summed E-state index contributed by atoms with van der Waals surface area (Å²) in [6, 6.07) is 19.0. The van der Waals surface area contributed by atoms with Gasteiger partial charge in [0.15, 0.2) is 0 Å². The van der Waals surface area contributed by atoms with Gasteiger partial charge in [0.2, 0.25) is 0 Å². The number of nitrogens with zero attached hydrogens (tertiary/aromatic N) is 1. The first-order chi connectivity index (χ1) is 16.3. The molecule has 0 radical (unpaired) electrons. The first-order valence-corrected chi connectivity index (χ1v) is 11.7. The van der Waals surface area contributed by atoms with Crippen LogP contribution in [0.4, 0.5) is 0 Å². The summed E-state index contributed by atoms with van der Waals surface area (Å²) in [7, 11) is -1.27. The fraction of sp³-hybridized carbons (Fsp3) is 0.0800. The molecule has 0 fully saturated rings. The molecule has 35 heavy (non-hydrogen) atoms. The van der Waals surface area contributed by atoms with Gasteiger partial charge in [0.25, 0.3) is 10.1 Å². The van der Waals surface area contributed by atoms with Crippen LogP contribution in [0.5, 0.6) is 17.2 Å². The molecule has 1 aromatic heterocycles. The van der Waals surface area contributed by atoms with Crippen LogP contribution in [0.15, 0.2) is 71.6 Å². The van der Waals surface area contributed by atoms with E-state index in [9.17, 15) is 18.1 Å². The van der Waals surface area contributed by atoms with Crippen molar-refractivity contribution in [2.24, 2.45) is 0 Å². The number of benzene rings is 4. The standard InChI is InChI=1S/C25H20N2O6S.ClH/c1-32-16-6-3-5-14(11-16)18-7-4-8-19(24(18)33-2)25-26-20-10-9-15-12-17(34(29,30)31)13-21(28)22(15)23(20)27-25;/h3-13,28H,1-2H3,(H,26,27)(H,29,30,31);1H. The highest BCUT2D eigenvalue weighted by Gasteiger charge is 2.19. The zero-order valence-corrected chi connectivity index (χ0v) is 20.3. The minimum atomic E-state index is -4.47. The van der Waals surface area contributed by atoms with Crippen LogP contribution in [0.25, 0.3) is 44.3 Å². The quantitative estimate of drug-likeness (QED) is 0.268. The summed E-state index contributed by atoms with van der Waals surface area (Å²) >= 11 is 0. The lowest BCUT2D eigenvalue weighted by Gasteiger charge is -2.13. The number of phenols is 1. The molecule has 0 aliphatic carbocycles. The van der Waals surface area contributed by atoms with Gasteiger partial charge in [-0.15, -0.1) is 12.4 Å². The van der Waals surface area contributed by atoms with Crippen LogP contribution in [-0.2, 0) is 10.1 Å². The number of hydrogen-bond donors (Lipinski definition) is 3. The Bertz CT molecular complexity index is 1680. The Morgan fingerprint density at radius 3 is 2.37 bits per heavy atom. The number of rotatable bonds is 5. The van der Waals surface area contributed by atoms with Crippen LogP contribution in [0.3, 0.4) is 0 Å². The Morgan fingerprint density at radius 1 is 0.914 bits per heavy atom. The first kappa shape index (κ1) is 24.3. The summed E-state index contributed by atoms with van der Waals surface area (Å²) in [5.41, 5.74) is 3.58. The first-order valence-electron chi connectivity index (χ1n) is 10.2. The topological polar surface area (TPSA) is 122 Å². The third-order valence-corrected chi connectivity index (χ3v) is 6.50. The van der Waals surface area contributed by atoms with E-state index < -0.39 is 10.1 Å². The fourth-order valence-corrected chi connectivity index (χ4v) is 4.66. The molecule has 0 atom stereocenters. The van der Waals surface area contributed by atoms with E-state index in [-0.39, 0.29) is 23.1 Å². The van der Waals surface area contributed by atoms with Crippen LogP contribution in [0, 0.1) is 0 Å². The summed E-state index contributed by atoms with van der Waals surface area (Å²) in [5.74, 6) is 1.55. The number of nitrogens with one attached hydrogen (secondary N) is 1. The minimum Gasteiger partial charge on any atom is -0.507 e. The number of halogens is 1. The maximum absolute atomic E-state index is 11.5. The van der Waals surface area contributed by atoms with Crippen molar-refractivity contribution in [3.05, 3.63) is 66.7 Å². The smallest absolute Gasteiger partial charge is 0.294 e. The molecule has 0 aliphatic rings. The lowest BCUT2D eigenvalue weighted by atomic mass is 10.0. The number of aromatic nitrogens is 2. The molecule has 180 valence electrons. The van der Waals surface area contributed by atoms with Crippen molar-refractivity contribution in [2.45, 2.75) is 4.90 Å². The molecule has 4 aromatic carbocycles. The van der Waals surface area contributed by atoms with Crippen molar-refractivity contribution in [2.75, 3.05) is 14.2 Å². The molecule has 1 heterocycles. The van der Waals surface area contributed by atoms with Crippen molar-refractivity contribution in [3.8, 4) is 39.8 Å². The predicted octanol–water partition coefficient (Wildman–Crippen LogP) is 5.44. The highest BCUT2D eigenvalue weighted by molar-refractivity contribution is 7.85. The van der Waals surface area contributed by atoms with Crippen molar-refractivity contribution < 1.29 is 27.6 Å². The summed E-state index contributed by atoms with van der Waals surface area (Å²) in [4.78, 5) is 7.58. The number of para-hydroxylation sites is 1. The molecule has 0 spiro atoms. The lowest BCUT2D eigenvalue weighted by Crippen LogP contribution is -1.97. The van der Waals surface area contributed by atoms with E-state index in [0.717, 1.165) is 22.9 Å².